The smallest absolute Gasteiger partial charge is 0.257 e. The van der Waals surface area contributed by atoms with Crippen molar-refractivity contribution in [1.82, 2.24) is 18.1 Å². The number of nitrogens with zero attached hydrogens (tertiary/aromatic N) is 5. The van der Waals surface area contributed by atoms with Gasteiger partial charge < -0.3 is 15.0 Å². The predicted octanol–water partition coefficient (Wildman–Crippen LogP) is 4.42. The maximum atomic E-state index is 13.0. The van der Waals surface area contributed by atoms with Gasteiger partial charge in [-0.1, -0.05) is 12.1 Å². The number of amides is 1. The summed E-state index contributed by atoms with van der Waals surface area (Å²) >= 11 is 2.34. The molecule has 0 aliphatic carbocycles. The fraction of sp³-hybridized carbons (Fsp3) is 0.200. The van der Waals surface area contributed by atoms with E-state index in [1.807, 2.05) is 30.3 Å². The molecule has 1 saturated heterocycles. The number of benzene rings is 1. The molecular weight excluding hydrogens is 543 g/mol. The van der Waals surface area contributed by atoms with Gasteiger partial charge >= 0.3 is 0 Å². The lowest BCUT2D eigenvalue weighted by Gasteiger charge is -2.32. The molecule has 1 aliphatic heterocycles. The monoisotopic (exact) mass is 566 g/mol. The number of nitrogens with one attached hydrogen (secondary N) is 1. The number of piperazine rings is 1. The number of pyridine rings is 3. The van der Waals surface area contributed by atoms with Crippen molar-refractivity contribution < 1.29 is 9.53 Å². The highest BCUT2D eigenvalue weighted by molar-refractivity contribution is 14.1. The summed E-state index contributed by atoms with van der Waals surface area (Å²) in [6, 6.07) is 13.5. The predicted molar refractivity (Wildman–Crippen MR) is 142 cm³/mol. The molecule has 9 heteroatoms. The van der Waals surface area contributed by atoms with Crippen LogP contribution in [0.5, 0.6) is 5.75 Å². The topological polar surface area (TPSA) is 83.5 Å². The molecule has 0 radical (unpaired) electrons. The van der Waals surface area contributed by atoms with E-state index in [4.69, 9.17) is 4.74 Å². The minimum atomic E-state index is -0.212. The van der Waals surface area contributed by atoms with Crippen molar-refractivity contribution in [1.29, 1.82) is 0 Å². The standard InChI is InChI=1S/C25H23IN6O2/c1-34-22-11-21(14-27-16-22)17-2-3-19-15-29-23(12-20(19)10-17)30-25(33)18-4-5-28-24(13-18)31-6-8-32(26)9-7-31/h2-5,10-16H,6-9H2,1H3,(H,29,30,33). The first-order valence-electron chi connectivity index (χ1n) is 10.9. The molecule has 0 unspecified atom stereocenters. The van der Waals surface area contributed by atoms with Gasteiger partial charge in [0.25, 0.3) is 5.91 Å². The lowest BCUT2D eigenvalue weighted by molar-refractivity contribution is 0.102. The summed E-state index contributed by atoms with van der Waals surface area (Å²) in [5, 5.41) is 4.88. The third-order valence-corrected chi connectivity index (χ3v) is 6.77. The van der Waals surface area contributed by atoms with Crippen molar-refractivity contribution in [2.75, 3.05) is 43.5 Å². The second kappa shape index (κ2) is 9.90. The van der Waals surface area contributed by atoms with E-state index >= 15 is 0 Å². The molecular formula is C25H23IN6O2. The maximum absolute atomic E-state index is 13.0. The van der Waals surface area contributed by atoms with Crippen LogP contribution in [0.3, 0.4) is 0 Å². The minimum Gasteiger partial charge on any atom is -0.495 e. The van der Waals surface area contributed by atoms with E-state index in [-0.39, 0.29) is 5.91 Å². The molecule has 0 saturated carbocycles. The van der Waals surface area contributed by atoms with Gasteiger partial charge in [0, 0.05) is 84.1 Å². The van der Waals surface area contributed by atoms with Crippen LogP contribution < -0.4 is 15.0 Å². The van der Waals surface area contributed by atoms with Crippen LogP contribution in [-0.4, -0.2) is 57.3 Å². The number of methoxy groups -OCH3 is 1. The third-order valence-electron chi connectivity index (χ3n) is 5.80. The Morgan fingerprint density at radius 2 is 1.79 bits per heavy atom. The molecule has 4 aromatic rings. The molecule has 1 aliphatic rings. The van der Waals surface area contributed by atoms with Crippen LogP contribution in [0.15, 0.2) is 67.3 Å². The number of fused-ring (bicyclic) bond motifs is 1. The zero-order chi connectivity index (χ0) is 23.5. The van der Waals surface area contributed by atoms with Crippen LogP contribution in [0.25, 0.3) is 21.9 Å². The fourth-order valence-electron chi connectivity index (χ4n) is 3.91. The van der Waals surface area contributed by atoms with E-state index < -0.39 is 0 Å². The number of hydrogen-bond acceptors (Lipinski definition) is 7. The molecule has 0 atom stereocenters. The second-order valence-corrected chi connectivity index (χ2v) is 9.36. The molecule has 1 N–H and O–H groups in total. The molecule has 4 heterocycles. The van der Waals surface area contributed by atoms with E-state index in [0.717, 1.165) is 53.9 Å². The van der Waals surface area contributed by atoms with Crippen LogP contribution >= 0.6 is 22.9 Å². The van der Waals surface area contributed by atoms with Crippen molar-refractivity contribution in [3.05, 3.63) is 72.8 Å². The number of carbonyl (C=O) groups excluding carboxylic acids is 1. The van der Waals surface area contributed by atoms with Crippen LogP contribution in [0, 0.1) is 0 Å². The summed E-state index contributed by atoms with van der Waals surface area (Å²) in [6.45, 7) is 3.71. The summed E-state index contributed by atoms with van der Waals surface area (Å²) < 4.78 is 7.55. The zero-order valence-corrected chi connectivity index (χ0v) is 20.8. The normalized spacial score (nSPS) is 14.2. The maximum Gasteiger partial charge on any atom is 0.257 e. The van der Waals surface area contributed by atoms with Gasteiger partial charge in [-0.15, -0.1) is 0 Å². The van der Waals surface area contributed by atoms with Crippen LogP contribution in [-0.2, 0) is 0 Å². The van der Waals surface area contributed by atoms with Gasteiger partial charge in [0.15, 0.2) is 0 Å². The number of halogens is 1. The average molecular weight is 566 g/mol. The van der Waals surface area contributed by atoms with E-state index in [9.17, 15) is 4.79 Å². The Bertz CT molecular complexity index is 1340. The highest BCUT2D eigenvalue weighted by Crippen LogP contribution is 2.27. The number of aromatic nitrogens is 3. The average Bonchev–Trinajstić information content (AvgIpc) is 2.89. The van der Waals surface area contributed by atoms with Crippen molar-refractivity contribution in [2.24, 2.45) is 0 Å². The number of rotatable bonds is 5. The Balaban J connectivity index is 1.36. The first kappa shape index (κ1) is 22.5. The SMILES string of the molecule is COc1cncc(-c2ccc3cnc(NC(=O)c4ccnc(N5CCN(I)CC5)c4)cc3c2)c1. The minimum absolute atomic E-state index is 0.212. The Hall–Kier alpha value is -3.31. The number of carbonyl (C=O) groups is 1. The van der Waals surface area contributed by atoms with Crippen LogP contribution in [0.2, 0.25) is 0 Å². The van der Waals surface area contributed by atoms with Crippen molar-refractivity contribution in [3.8, 4) is 16.9 Å². The van der Waals surface area contributed by atoms with E-state index in [2.05, 4.69) is 57.2 Å². The molecule has 0 spiro atoms. The van der Waals surface area contributed by atoms with Gasteiger partial charge in [-0.2, -0.15) is 0 Å². The van der Waals surface area contributed by atoms with Gasteiger partial charge in [-0.25, -0.2) is 13.1 Å². The summed E-state index contributed by atoms with van der Waals surface area (Å²) in [5.41, 5.74) is 2.52. The Kier molecular flexibility index (Phi) is 6.54. The first-order valence-corrected chi connectivity index (χ1v) is 11.9. The molecule has 1 aromatic carbocycles. The van der Waals surface area contributed by atoms with Crippen molar-refractivity contribution in [3.63, 3.8) is 0 Å². The van der Waals surface area contributed by atoms with Gasteiger partial charge in [0.1, 0.15) is 17.4 Å². The van der Waals surface area contributed by atoms with E-state index in [1.165, 1.54) is 0 Å². The summed E-state index contributed by atoms with van der Waals surface area (Å²) in [5.74, 6) is 1.81. The molecule has 5 rings (SSSR count). The van der Waals surface area contributed by atoms with Gasteiger partial charge in [0.05, 0.1) is 13.3 Å². The van der Waals surface area contributed by atoms with Gasteiger partial charge in [0.2, 0.25) is 0 Å². The number of anilines is 2. The lowest BCUT2D eigenvalue weighted by atomic mass is 10.0. The number of ether oxygens (including phenoxy) is 1. The van der Waals surface area contributed by atoms with Crippen LogP contribution in [0.4, 0.5) is 11.6 Å². The van der Waals surface area contributed by atoms with Crippen LogP contribution in [0.1, 0.15) is 10.4 Å². The molecule has 0 bridgehead atoms. The van der Waals surface area contributed by atoms with Gasteiger partial charge in [-0.3, -0.25) is 9.78 Å². The molecule has 8 nitrogen and oxygen atoms in total. The van der Waals surface area contributed by atoms with Crippen molar-refractivity contribution >= 4 is 51.2 Å². The summed E-state index contributed by atoms with van der Waals surface area (Å²) in [4.78, 5) is 28.3. The van der Waals surface area contributed by atoms with Crippen molar-refractivity contribution in [2.45, 2.75) is 0 Å². The first-order chi connectivity index (χ1) is 16.6. The lowest BCUT2D eigenvalue weighted by Crippen LogP contribution is -2.42. The largest absolute Gasteiger partial charge is 0.495 e. The Labute approximate surface area is 211 Å². The van der Waals surface area contributed by atoms with E-state index in [1.54, 1.807) is 38.0 Å². The molecule has 3 aromatic heterocycles. The fourth-order valence-corrected chi connectivity index (χ4v) is 4.34. The molecule has 1 amide bonds. The summed E-state index contributed by atoms with van der Waals surface area (Å²) in [6.07, 6.45) is 6.92. The quantitative estimate of drug-likeness (QED) is 0.283. The highest BCUT2D eigenvalue weighted by Gasteiger charge is 2.17. The third kappa shape index (κ3) is 4.95. The Morgan fingerprint density at radius 3 is 2.62 bits per heavy atom. The molecule has 1 fully saturated rings. The highest BCUT2D eigenvalue weighted by atomic mass is 127. The zero-order valence-electron chi connectivity index (χ0n) is 18.6. The summed E-state index contributed by atoms with van der Waals surface area (Å²) in [7, 11) is 1.62. The van der Waals surface area contributed by atoms with E-state index in [0.29, 0.717) is 17.1 Å². The second-order valence-electron chi connectivity index (χ2n) is 8.00. The van der Waals surface area contributed by atoms with Gasteiger partial charge in [-0.05, 0) is 41.3 Å². The Morgan fingerprint density at radius 1 is 0.941 bits per heavy atom. The molecule has 34 heavy (non-hydrogen) atoms. The molecule has 172 valence electrons. The number of hydrogen-bond donors (Lipinski definition) is 1.